The summed E-state index contributed by atoms with van der Waals surface area (Å²) in [6, 6.07) is 0. The fourth-order valence-electron chi connectivity index (χ4n) is 4.63. The molecule has 0 saturated heterocycles. The SMILES string of the molecule is CC(C)=CCCC(C)CC=O.[CH-]=CC(O)=C[C](O)=[W].[CH-]=CC1=C([C](O)=[W])C2CC(C)CCC2C(C)(C)O1.[CH3-].[CH3-].[Y].[Y]. The Bertz CT molecular complexity index is 906. The summed E-state index contributed by atoms with van der Waals surface area (Å²) in [4.78, 5) is 10.1. The Morgan fingerprint density at radius 2 is 1.68 bits per heavy atom. The van der Waals surface area contributed by atoms with Crippen LogP contribution in [0.1, 0.15) is 80.1 Å². The number of fused-ring (bicyclic) bond motifs is 1. The van der Waals surface area contributed by atoms with Crippen LogP contribution in [-0.2, 0) is 114 Å². The fourth-order valence-corrected chi connectivity index (χ4v) is 5.97. The van der Waals surface area contributed by atoms with Crippen molar-refractivity contribution in [3.05, 3.63) is 75.0 Å². The minimum atomic E-state index is -0.190. The molecule has 41 heavy (non-hydrogen) atoms. The summed E-state index contributed by atoms with van der Waals surface area (Å²) >= 11 is 1.98. The first-order chi connectivity index (χ1) is 17.2. The van der Waals surface area contributed by atoms with Crippen LogP contribution in [0.3, 0.4) is 0 Å². The van der Waals surface area contributed by atoms with E-state index in [0.29, 0.717) is 39.9 Å². The van der Waals surface area contributed by atoms with Crippen LogP contribution in [0.15, 0.2) is 47.0 Å². The molecule has 0 spiro atoms. The van der Waals surface area contributed by atoms with Crippen molar-refractivity contribution in [2.75, 3.05) is 0 Å². The van der Waals surface area contributed by atoms with Crippen LogP contribution < -0.4 is 0 Å². The van der Waals surface area contributed by atoms with Gasteiger partial charge in [-0.25, -0.2) is 0 Å². The summed E-state index contributed by atoms with van der Waals surface area (Å²) in [6.45, 7) is 23.4. The van der Waals surface area contributed by atoms with Crippen molar-refractivity contribution in [1.29, 1.82) is 0 Å². The van der Waals surface area contributed by atoms with Crippen LogP contribution in [0.4, 0.5) is 0 Å². The summed E-state index contributed by atoms with van der Waals surface area (Å²) in [5, 5.41) is 27.1. The van der Waals surface area contributed by atoms with Gasteiger partial charge in [-0.15, -0.1) is 0 Å². The minimum absolute atomic E-state index is 0. The van der Waals surface area contributed by atoms with Crippen LogP contribution in [0, 0.1) is 51.7 Å². The van der Waals surface area contributed by atoms with Crippen molar-refractivity contribution in [1.82, 2.24) is 0 Å². The summed E-state index contributed by atoms with van der Waals surface area (Å²) in [5.41, 5.74) is 2.14. The molecule has 0 aromatic rings. The van der Waals surface area contributed by atoms with E-state index in [9.17, 15) is 9.90 Å². The number of ether oxygens (including phenoxy) is 1. The number of carbonyl (C=O) groups is 1. The molecule has 1 aliphatic carbocycles. The van der Waals surface area contributed by atoms with Crippen molar-refractivity contribution in [3.63, 3.8) is 0 Å². The third-order valence-electron chi connectivity index (χ3n) is 6.55. The van der Waals surface area contributed by atoms with E-state index in [1.807, 2.05) is 0 Å². The third-order valence-corrected chi connectivity index (χ3v) is 7.76. The van der Waals surface area contributed by atoms with E-state index in [1.54, 1.807) is 0 Å². The third kappa shape index (κ3) is 21.6. The molecular formula is C32H50O5W2Y2-4. The maximum absolute atomic E-state index is 10.1. The summed E-state index contributed by atoms with van der Waals surface area (Å²) in [7, 11) is 0. The van der Waals surface area contributed by atoms with Gasteiger partial charge in [-0.05, 0) is 32.6 Å². The molecule has 4 unspecified atom stereocenters. The van der Waals surface area contributed by atoms with E-state index >= 15 is 0 Å². The Labute approximate surface area is 323 Å². The molecule has 1 aliphatic heterocycles. The molecule has 1 saturated carbocycles. The second-order valence-corrected chi connectivity index (χ2v) is 13.4. The molecule has 0 amide bonds. The van der Waals surface area contributed by atoms with Gasteiger partial charge in [-0.1, -0.05) is 18.6 Å². The zero-order chi connectivity index (χ0) is 28.8. The molecule has 2 aliphatic rings. The normalized spacial score (nSPS) is 20.6. The van der Waals surface area contributed by atoms with Gasteiger partial charge in [0.25, 0.3) is 0 Å². The molecule has 2 radical (unpaired) electrons. The molecule has 0 aromatic carbocycles. The van der Waals surface area contributed by atoms with E-state index in [1.165, 1.54) is 30.6 Å². The van der Waals surface area contributed by atoms with Gasteiger partial charge in [0.2, 0.25) is 0 Å². The number of aliphatic hydroxyl groups excluding tert-OH is 3. The number of rotatable bonds is 9. The van der Waals surface area contributed by atoms with Gasteiger partial charge in [0.15, 0.2) is 0 Å². The van der Waals surface area contributed by atoms with Gasteiger partial charge in [0.1, 0.15) is 6.29 Å². The minimum Gasteiger partial charge on any atom is -0.358 e. The van der Waals surface area contributed by atoms with Gasteiger partial charge >= 0.3 is 179 Å². The van der Waals surface area contributed by atoms with Gasteiger partial charge < -0.3 is 19.6 Å². The summed E-state index contributed by atoms with van der Waals surface area (Å²) in [6.07, 6.45) is 13.4. The van der Waals surface area contributed by atoms with Gasteiger partial charge in [-0.3, -0.25) is 0 Å². The molecule has 3 N–H and O–H groups in total. The molecule has 2 rings (SSSR count). The average Bonchev–Trinajstić information content (AvgIpc) is 2.78. The fraction of sp³-hybridized carbons (Fsp3) is 0.531. The standard InChI is InChI=1S/C15H21O2.C10H18O.C5H5O2.2CH3.2W.2Y/c1-5-14-12(9-16)11-8-10(2)6-7-13(11)15(3,4)17-14;1-9(2)5-4-6-10(3)7-8-11;1-2-5(7)3-4-6;;;;;;/h1,5,10-11,13,16H,6-8H2,2-4H3;5,8,10H,4,6-7H2,1-3H3;1-3,6-7H;2*1H3;;;;/q-1;;3*-1;;;;. The first-order valence-electron chi connectivity index (χ1n) is 12.7. The Hall–Kier alpha value is 1.21. The zero-order valence-electron chi connectivity index (χ0n) is 26.2. The van der Waals surface area contributed by atoms with E-state index in [-0.39, 0.29) is 95.7 Å². The molecule has 1 heterocycles. The predicted molar refractivity (Wildman–Crippen MR) is 156 cm³/mol. The Morgan fingerprint density at radius 3 is 2.07 bits per heavy atom. The number of allylic oxidation sites excluding steroid dienone is 4. The number of hydrogen-bond acceptors (Lipinski definition) is 5. The molecule has 1 fully saturated rings. The Kier molecular flexibility index (Phi) is 34.8. The maximum Gasteiger partial charge on any atom is 0 e. The number of aldehydes is 1. The van der Waals surface area contributed by atoms with Crippen molar-refractivity contribution in [2.45, 2.75) is 85.7 Å². The second-order valence-electron chi connectivity index (χ2n) is 10.5. The van der Waals surface area contributed by atoms with E-state index in [4.69, 9.17) is 28.1 Å². The van der Waals surface area contributed by atoms with Gasteiger partial charge in [-0.2, -0.15) is 0 Å². The molecule has 9 heteroatoms. The molecule has 4 atom stereocenters. The van der Waals surface area contributed by atoms with Crippen molar-refractivity contribution < 1.29 is 129 Å². The predicted octanol–water partition coefficient (Wildman–Crippen LogP) is 7.46. The molecule has 230 valence electrons. The number of hydrogen-bond donors (Lipinski definition) is 3. The van der Waals surface area contributed by atoms with Crippen molar-refractivity contribution >= 4 is 14.5 Å². The second kappa shape index (κ2) is 27.5. The van der Waals surface area contributed by atoms with Gasteiger partial charge in [0, 0.05) is 71.8 Å². The maximum atomic E-state index is 10.1. The molecule has 5 nitrogen and oxygen atoms in total. The first kappa shape index (κ1) is 51.8. The van der Waals surface area contributed by atoms with Crippen molar-refractivity contribution in [3.8, 4) is 0 Å². The molecule has 0 bridgehead atoms. The average molecular weight is 1060 g/mol. The number of carbonyl (C=O) groups excluding carboxylic acids is 1. The van der Waals surface area contributed by atoms with E-state index in [2.05, 4.69) is 47.6 Å². The van der Waals surface area contributed by atoms with Gasteiger partial charge in [0.05, 0.1) is 0 Å². The monoisotopic (exact) mass is 1060 g/mol. The van der Waals surface area contributed by atoms with E-state index < -0.39 is 0 Å². The summed E-state index contributed by atoms with van der Waals surface area (Å²) in [5.74, 6) is 2.70. The Balaban J connectivity index is -0.000000165. The number of aliphatic hydroxyl groups is 3. The van der Waals surface area contributed by atoms with Crippen LogP contribution in [0.5, 0.6) is 0 Å². The van der Waals surface area contributed by atoms with Crippen molar-refractivity contribution in [2.24, 2.45) is 23.7 Å². The van der Waals surface area contributed by atoms with Crippen LogP contribution in [-0.4, -0.2) is 35.4 Å². The Morgan fingerprint density at radius 1 is 1.12 bits per heavy atom. The van der Waals surface area contributed by atoms with Crippen LogP contribution in [0.2, 0.25) is 0 Å². The van der Waals surface area contributed by atoms with Crippen LogP contribution >= 0.6 is 0 Å². The summed E-state index contributed by atoms with van der Waals surface area (Å²) < 4.78 is 6.58. The topological polar surface area (TPSA) is 87.0 Å². The first-order valence-corrected chi connectivity index (χ1v) is 15.6. The quantitative estimate of drug-likeness (QED) is 0.0735. The zero-order valence-corrected chi connectivity index (χ0v) is 37.8. The largest absolute Gasteiger partial charge is 0.358 e. The van der Waals surface area contributed by atoms with Crippen LogP contribution in [0.25, 0.3) is 0 Å². The smallest absolute Gasteiger partial charge is 0 e. The molecular weight excluding hydrogens is 1010 g/mol. The molecule has 0 aromatic heterocycles. The van der Waals surface area contributed by atoms with E-state index in [0.717, 1.165) is 75.9 Å².